The smallest absolute Gasteiger partial charge is 0.272 e. The van der Waals surface area contributed by atoms with E-state index in [2.05, 4.69) is 15.3 Å². The first-order chi connectivity index (χ1) is 10.5. The van der Waals surface area contributed by atoms with Gasteiger partial charge < -0.3 is 10.2 Å². The van der Waals surface area contributed by atoms with E-state index in [9.17, 15) is 4.79 Å². The number of anilines is 2. The number of benzene rings is 1. The minimum Gasteiger partial charge on any atom is -0.338 e. The van der Waals surface area contributed by atoms with Gasteiger partial charge >= 0.3 is 0 Å². The number of halogens is 1. The number of aromatic nitrogens is 2. The van der Waals surface area contributed by atoms with Gasteiger partial charge in [-0.3, -0.25) is 4.79 Å². The molecule has 22 heavy (non-hydrogen) atoms. The van der Waals surface area contributed by atoms with Gasteiger partial charge in [0.1, 0.15) is 5.69 Å². The third kappa shape index (κ3) is 3.74. The van der Waals surface area contributed by atoms with E-state index < -0.39 is 0 Å². The van der Waals surface area contributed by atoms with Crippen molar-refractivity contribution in [2.45, 2.75) is 20.8 Å². The molecule has 0 fully saturated rings. The first kappa shape index (κ1) is 16.2. The second kappa shape index (κ2) is 7.22. The number of carbonyl (C=O) groups excluding carboxylic acids is 1. The van der Waals surface area contributed by atoms with E-state index in [0.29, 0.717) is 29.8 Å². The van der Waals surface area contributed by atoms with Crippen LogP contribution in [0.1, 0.15) is 29.9 Å². The highest BCUT2D eigenvalue weighted by molar-refractivity contribution is 6.31. The summed E-state index contributed by atoms with van der Waals surface area (Å²) in [5, 5.41) is 3.73. The van der Waals surface area contributed by atoms with Crippen molar-refractivity contribution in [3.8, 4) is 0 Å². The van der Waals surface area contributed by atoms with Crippen molar-refractivity contribution in [1.82, 2.24) is 14.9 Å². The van der Waals surface area contributed by atoms with Crippen LogP contribution in [0.3, 0.4) is 0 Å². The molecule has 1 amide bonds. The lowest BCUT2D eigenvalue weighted by Gasteiger charge is -2.18. The van der Waals surface area contributed by atoms with Gasteiger partial charge in [0.15, 0.2) is 0 Å². The minimum atomic E-state index is -0.0996. The minimum absolute atomic E-state index is 0.0996. The van der Waals surface area contributed by atoms with Crippen LogP contribution in [0.25, 0.3) is 0 Å². The summed E-state index contributed by atoms with van der Waals surface area (Å²) in [6.07, 6.45) is 1.57. The van der Waals surface area contributed by atoms with E-state index in [4.69, 9.17) is 11.6 Å². The highest BCUT2D eigenvalue weighted by Crippen LogP contribution is 2.21. The Bertz CT molecular complexity index is 671. The first-order valence-corrected chi connectivity index (χ1v) is 7.58. The van der Waals surface area contributed by atoms with Gasteiger partial charge in [0.2, 0.25) is 5.95 Å². The third-order valence-electron chi connectivity index (χ3n) is 3.35. The molecule has 1 N–H and O–H groups in total. The van der Waals surface area contributed by atoms with Gasteiger partial charge in [-0.25, -0.2) is 9.97 Å². The summed E-state index contributed by atoms with van der Waals surface area (Å²) in [6, 6.07) is 7.23. The summed E-state index contributed by atoms with van der Waals surface area (Å²) >= 11 is 6.10. The Hall–Kier alpha value is -2.14. The van der Waals surface area contributed by atoms with Gasteiger partial charge in [-0.15, -0.1) is 0 Å². The van der Waals surface area contributed by atoms with Crippen molar-refractivity contribution < 1.29 is 4.79 Å². The number of hydrogen-bond acceptors (Lipinski definition) is 4. The first-order valence-electron chi connectivity index (χ1n) is 7.20. The predicted octanol–water partition coefficient (Wildman–Crippen LogP) is 3.66. The van der Waals surface area contributed by atoms with Crippen LogP contribution in [0.2, 0.25) is 5.02 Å². The predicted molar refractivity (Wildman–Crippen MR) is 88.8 cm³/mol. The molecular formula is C16H19ClN4O. The maximum Gasteiger partial charge on any atom is 0.272 e. The quantitative estimate of drug-likeness (QED) is 0.914. The fourth-order valence-electron chi connectivity index (χ4n) is 2.01. The second-order valence-electron chi connectivity index (χ2n) is 4.83. The fraction of sp³-hybridized carbons (Fsp3) is 0.312. The van der Waals surface area contributed by atoms with Crippen LogP contribution in [-0.4, -0.2) is 33.9 Å². The molecule has 0 radical (unpaired) electrons. The molecule has 0 saturated heterocycles. The van der Waals surface area contributed by atoms with Crippen LogP contribution in [0, 0.1) is 6.92 Å². The zero-order valence-corrected chi connectivity index (χ0v) is 13.7. The molecule has 1 aromatic heterocycles. The molecule has 0 bridgehead atoms. The molecule has 1 heterocycles. The molecule has 6 heteroatoms. The molecule has 5 nitrogen and oxygen atoms in total. The molecule has 0 saturated carbocycles. The van der Waals surface area contributed by atoms with E-state index >= 15 is 0 Å². The molecule has 0 aliphatic rings. The van der Waals surface area contributed by atoms with Crippen LogP contribution in [0.15, 0.2) is 30.5 Å². The standard InChI is InChI=1S/C16H19ClN4O/c1-4-21(5-2)15(22)14-8-9-18-16(20-14)19-12-7-6-11(3)13(17)10-12/h6-10H,4-5H2,1-3H3,(H,18,19,20). The van der Waals surface area contributed by atoms with Crippen molar-refractivity contribution >= 4 is 29.1 Å². The summed E-state index contributed by atoms with van der Waals surface area (Å²) < 4.78 is 0. The topological polar surface area (TPSA) is 58.1 Å². The SMILES string of the molecule is CCN(CC)C(=O)c1ccnc(Nc2ccc(C)c(Cl)c2)n1. The third-order valence-corrected chi connectivity index (χ3v) is 3.76. The zero-order chi connectivity index (χ0) is 16.1. The summed E-state index contributed by atoms with van der Waals surface area (Å²) in [7, 11) is 0. The maximum atomic E-state index is 12.3. The van der Waals surface area contributed by atoms with E-state index in [0.717, 1.165) is 11.3 Å². The Balaban J connectivity index is 2.21. The lowest BCUT2D eigenvalue weighted by atomic mass is 10.2. The van der Waals surface area contributed by atoms with Gasteiger partial charge in [0.05, 0.1) is 0 Å². The largest absolute Gasteiger partial charge is 0.338 e. The number of aryl methyl sites for hydroxylation is 1. The molecule has 0 aliphatic heterocycles. The van der Waals surface area contributed by atoms with Gasteiger partial charge in [-0.2, -0.15) is 0 Å². The number of hydrogen-bond donors (Lipinski definition) is 1. The highest BCUT2D eigenvalue weighted by atomic mass is 35.5. The van der Waals surface area contributed by atoms with E-state index in [-0.39, 0.29) is 5.91 Å². The fourth-order valence-corrected chi connectivity index (χ4v) is 2.19. The van der Waals surface area contributed by atoms with Gasteiger partial charge in [-0.1, -0.05) is 17.7 Å². The van der Waals surface area contributed by atoms with Crippen LogP contribution in [0.5, 0.6) is 0 Å². The molecule has 2 aromatic rings. The molecule has 116 valence electrons. The van der Waals surface area contributed by atoms with Crippen LogP contribution in [0.4, 0.5) is 11.6 Å². The van der Waals surface area contributed by atoms with Gasteiger partial charge in [0.25, 0.3) is 5.91 Å². The van der Waals surface area contributed by atoms with E-state index in [1.807, 2.05) is 32.9 Å². The average molecular weight is 319 g/mol. The number of rotatable bonds is 5. The molecule has 0 atom stereocenters. The number of nitrogens with one attached hydrogen (secondary N) is 1. The monoisotopic (exact) mass is 318 g/mol. The zero-order valence-electron chi connectivity index (χ0n) is 12.9. The lowest BCUT2D eigenvalue weighted by molar-refractivity contribution is 0.0767. The average Bonchev–Trinajstić information content (AvgIpc) is 2.52. The Morgan fingerprint density at radius 1 is 1.27 bits per heavy atom. The molecule has 0 unspecified atom stereocenters. The van der Waals surface area contributed by atoms with Gasteiger partial charge in [0, 0.05) is 30.0 Å². The maximum absolute atomic E-state index is 12.3. The summed E-state index contributed by atoms with van der Waals surface area (Å²) in [5.41, 5.74) is 2.15. The van der Waals surface area contributed by atoms with Crippen molar-refractivity contribution in [3.63, 3.8) is 0 Å². The second-order valence-corrected chi connectivity index (χ2v) is 5.24. The molecular weight excluding hydrogens is 300 g/mol. The Morgan fingerprint density at radius 2 is 2.00 bits per heavy atom. The van der Waals surface area contributed by atoms with Crippen molar-refractivity contribution in [2.75, 3.05) is 18.4 Å². The number of carbonyl (C=O) groups is 1. The van der Waals surface area contributed by atoms with E-state index in [1.54, 1.807) is 23.2 Å². The molecule has 2 rings (SSSR count). The lowest BCUT2D eigenvalue weighted by Crippen LogP contribution is -2.31. The van der Waals surface area contributed by atoms with Crippen LogP contribution < -0.4 is 5.32 Å². The van der Waals surface area contributed by atoms with Crippen LogP contribution >= 0.6 is 11.6 Å². The Morgan fingerprint density at radius 3 is 2.64 bits per heavy atom. The normalized spacial score (nSPS) is 10.4. The van der Waals surface area contributed by atoms with Crippen molar-refractivity contribution in [2.24, 2.45) is 0 Å². The molecule has 0 spiro atoms. The highest BCUT2D eigenvalue weighted by Gasteiger charge is 2.14. The van der Waals surface area contributed by atoms with E-state index in [1.165, 1.54) is 0 Å². The summed E-state index contributed by atoms with van der Waals surface area (Å²) in [4.78, 5) is 22.4. The van der Waals surface area contributed by atoms with Crippen molar-refractivity contribution in [1.29, 1.82) is 0 Å². The van der Waals surface area contributed by atoms with Crippen molar-refractivity contribution in [3.05, 3.63) is 46.7 Å². The molecule has 0 aliphatic carbocycles. The van der Waals surface area contributed by atoms with Gasteiger partial charge in [-0.05, 0) is 44.5 Å². The number of amides is 1. The summed E-state index contributed by atoms with van der Waals surface area (Å²) in [6.45, 7) is 7.11. The summed E-state index contributed by atoms with van der Waals surface area (Å²) in [5.74, 6) is 0.273. The van der Waals surface area contributed by atoms with Crippen LogP contribution in [-0.2, 0) is 0 Å². The Kier molecular flexibility index (Phi) is 5.33. The molecule has 1 aromatic carbocycles. The Labute approximate surface area is 135 Å². The number of nitrogens with zero attached hydrogens (tertiary/aromatic N) is 3.